The lowest BCUT2D eigenvalue weighted by atomic mass is 9.45. The van der Waals surface area contributed by atoms with Crippen molar-refractivity contribution >= 4 is 23.6 Å². The first kappa shape index (κ1) is 43.2. The van der Waals surface area contributed by atoms with Crippen molar-refractivity contribution in [2.75, 3.05) is 46.2 Å². The highest BCUT2D eigenvalue weighted by Crippen LogP contribution is 2.66. The van der Waals surface area contributed by atoms with E-state index in [0.717, 1.165) is 56.9 Å². The van der Waals surface area contributed by atoms with E-state index < -0.39 is 24.1 Å². The average Bonchev–Trinajstić information content (AvgIpc) is 3.48. The highest BCUT2D eigenvalue weighted by atomic mass is 16.6. The van der Waals surface area contributed by atoms with E-state index in [1.54, 1.807) is 0 Å². The Morgan fingerprint density at radius 2 is 1.56 bits per heavy atom. The van der Waals surface area contributed by atoms with Gasteiger partial charge < -0.3 is 40.4 Å². The summed E-state index contributed by atoms with van der Waals surface area (Å²) in [4.78, 5) is 50.7. The topological polar surface area (TPSA) is 176 Å². The number of aliphatic hydroxyl groups is 1. The van der Waals surface area contributed by atoms with Crippen molar-refractivity contribution in [3.05, 3.63) is 35.9 Å². The van der Waals surface area contributed by atoms with Crippen LogP contribution in [0.4, 0.5) is 0 Å². The maximum Gasteiger partial charge on any atom is 0.332 e. The minimum atomic E-state index is -1.45. The van der Waals surface area contributed by atoms with Crippen LogP contribution in [-0.2, 0) is 44.5 Å². The minimum absolute atomic E-state index is 0.00306. The number of amides is 2. The summed E-state index contributed by atoms with van der Waals surface area (Å²) in [6, 6.07) is 7.75. The molecule has 4 saturated carbocycles. The van der Waals surface area contributed by atoms with Crippen molar-refractivity contribution in [3.8, 4) is 0 Å². The summed E-state index contributed by atoms with van der Waals surface area (Å²) in [6.45, 7) is 10.3. The zero-order valence-corrected chi connectivity index (χ0v) is 33.6. The van der Waals surface area contributed by atoms with Crippen molar-refractivity contribution in [2.24, 2.45) is 46.2 Å². The molecule has 0 aromatic heterocycles. The molecule has 10 atom stereocenters. The number of ketones is 1. The van der Waals surface area contributed by atoms with E-state index in [1.807, 2.05) is 44.2 Å². The lowest BCUT2D eigenvalue weighted by Crippen LogP contribution is -2.54. The largest absolute Gasteiger partial charge is 0.460 e. The van der Waals surface area contributed by atoms with Crippen molar-refractivity contribution in [1.29, 1.82) is 0 Å². The molecule has 0 spiro atoms. The molecule has 4 aliphatic rings. The number of Topliss-reactive ketones (excluding diaryl/α,β-unsaturated/α-hetero) is 1. The summed E-state index contributed by atoms with van der Waals surface area (Å²) < 4.78 is 22.8. The number of ether oxygens (including phenoxy) is 4. The van der Waals surface area contributed by atoms with E-state index in [2.05, 4.69) is 24.5 Å². The summed E-state index contributed by atoms with van der Waals surface area (Å²) in [7, 11) is 0. The van der Waals surface area contributed by atoms with Crippen LogP contribution >= 0.6 is 0 Å². The fourth-order valence-electron chi connectivity index (χ4n) is 10.5. The van der Waals surface area contributed by atoms with Gasteiger partial charge >= 0.3 is 5.97 Å². The molecule has 5 N–H and O–H groups in total. The zero-order chi connectivity index (χ0) is 39.6. The SMILES string of the molecule is CC(C)C[C@H](NC(=O)[C@@H](O)[C@H](N)Cc1ccccc1)C(=O)NCCOCCOCCOCC(=O)O[C@H]1CC[C@H]2[C@@H]3CC[C@H]4CC(=O)CC[C@]4(C)[C@H]3CC[C@]12C. The van der Waals surface area contributed by atoms with Gasteiger partial charge in [0, 0.05) is 30.8 Å². The van der Waals surface area contributed by atoms with Crippen LogP contribution in [0, 0.1) is 40.4 Å². The van der Waals surface area contributed by atoms with Crippen LogP contribution in [0.15, 0.2) is 30.3 Å². The lowest BCUT2D eigenvalue weighted by molar-refractivity contribution is -0.168. The number of nitrogens with two attached hydrogens (primary N) is 1. The van der Waals surface area contributed by atoms with Gasteiger partial charge in [0.15, 0.2) is 0 Å². The Hall–Kier alpha value is -2.90. The molecule has 55 heavy (non-hydrogen) atoms. The number of rotatable bonds is 20. The first-order valence-corrected chi connectivity index (χ1v) is 20.8. The molecule has 2 amide bonds. The van der Waals surface area contributed by atoms with E-state index in [-0.39, 0.29) is 61.1 Å². The molecule has 0 unspecified atom stereocenters. The predicted octanol–water partition coefficient (Wildman–Crippen LogP) is 4.14. The van der Waals surface area contributed by atoms with Gasteiger partial charge in [-0.2, -0.15) is 0 Å². The molecule has 1 aromatic rings. The van der Waals surface area contributed by atoms with Crippen molar-refractivity contribution in [3.63, 3.8) is 0 Å². The second-order valence-corrected chi connectivity index (χ2v) is 17.6. The number of carbonyl (C=O) groups excluding carboxylic acids is 4. The van der Waals surface area contributed by atoms with Gasteiger partial charge in [-0.15, -0.1) is 0 Å². The van der Waals surface area contributed by atoms with Crippen LogP contribution in [0.3, 0.4) is 0 Å². The molecule has 0 bridgehead atoms. The summed E-state index contributed by atoms with van der Waals surface area (Å²) in [5.74, 6) is 1.66. The summed E-state index contributed by atoms with van der Waals surface area (Å²) in [5, 5.41) is 16.0. The van der Waals surface area contributed by atoms with Crippen LogP contribution in [0.1, 0.15) is 97.5 Å². The quantitative estimate of drug-likeness (QED) is 0.112. The number of nitrogens with one attached hydrogen (secondary N) is 2. The molecule has 0 heterocycles. The number of carbonyl (C=O) groups is 4. The Kier molecular flexibility index (Phi) is 15.7. The second-order valence-electron chi connectivity index (χ2n) is 17.6. The second kappa shape index (κ2) is 20.0. The van der Waals surface area contributed by atoms with Gasteiger partial charge in [-0.25, -0.2) is 4.79 Å². The third-order valence-corrected chi connectivity index (χ3v) is 13.5. The maximum absolute atomic E-state index is 12.9. The van der Waals surface area contributed by atoms with Crippen molar-refractivity contribution < 1.29 is 43.2 Å². The van der Waals surface area contributed by atoms with Crippen LogP contribution in [0.5, 0.6) is 0 Å². The summed E-state index contributed by atoms with van der Waals surface area (Å²) in [6.07, 6.45) is 8.35. The van der Waals surface area contributed by atoms with Gasteiger partial charge in [0.05, 0.1) is 33.0 Å². The number of benzene rings is 1. The highest BCUT2D eigenvalue weighted by molar-refractivity contribution is 5.89. The van der Waals surface area contributed by atoms with Gasteiger partial charge in [0.25, 0.3) is 5.91 Å². The Morgan fingerprint density at radius 1 is 0.873 bits per heavy atom. The monoisotopic (exact) mass is 769 g/mol. The van der Waals surface area contributed by atoms with Gasteiger partial charge in [-0.1, -0.05) is 58.0 Å². The lowest BCUT2D eigenvalue weighted by Gasteiger charge is -2.60. The molecule has 4 aliphatic carbocycles. The Balaban J connectivity index is 0.905. The minimum Gasteiger partial charge on any atom is -0.460 e. The maximum atomic E-state index is 12.9. The van der Waals surface area contributed by atoms with Crippen LogP contribution in [0.2, 0.25) is 0 Å². The molecule has 0 radical (unpaired) electrons. The molecule has 5 rings (SSSR count). The molecule has 1 aromatic carbocycles. The van der Waals surface area contributed by atoms with Crippen LogP contribution in [-0.4, -0.2) is 99.2 Å². The highest BCUT2D eigenvalue weighted by Gasteiger charge is 2.61. The average molecular weight is 770 g/mol. The van der Waals surface area contributed by atoms with Crippen LogP contribution < -0.4 is 16.4 Å². The van der Waals surface area contributed by atoms with Crippen LogP contribution in [0.25, 0.3) is 0 Å². The Labute approximate surface area is 327 Å². The van der Waals surface area contributed by atoms with E-state index >= 15 is 0 Å². The molecular formula is C43H67N3O9. The molecular weight excluding hydrogens is 702 g/mol. The molecule has 308 valence electrons. The fraction of sp³-hybridized carbons (Fsp3) is 0.767. The van der Waals surface area contributed by atoms with Gasteiger partial charge in [0.2, 0.25) is 5.91 Å². The molecule has 0 saturated heterocycles. The summed E-state index contributed by atoms with van der Waals surface area (Å²) >= 11 is 0. The molecule has 12 heteroatoms. The molecule has 12 nitrogen and oxygen atoms in total. The zero-order valence-electron chi connectivity index (χ0n) is 33.6. The van der Waals surface area contributed by atoms with E-state index in [4.69, 9.17) is 24.7 Å². The Morgan fingerprint density at radius 3 is 2.29 bits per heavy atom. The number of hydrogen-bond donors (Lipinski definition) is 4. The van der Waals surface area contributed by atoms with E-state index in [1.165, 1.54) is 6.42 Å². The molecule has 0 aliphatic heterocycles. The first-order chi connectivity index (χ1) is 26.3. The summed E-state index contributed by atoms with van der Waals surface area (Å²) in [5.41, 5.74) is 7.29. The van der Waals surface area contributed by atoms with Gasteiger partial charge in [-0.05, 0) is 98.4 Å². The third kappa shape index (κ3) is 11.2. The number of aliphatic hydroxyl groups excluding tert-OH is 1. The van der Waals surface area contributed by atoms with E-state index in [9.17, 15) is 24.3 Å². The number of fused-ring (bicyclic) bond motifs is 5. The normalized spacial score (nSPS) is 30.4. The number of esters is 1. The number of hydrogen-bond acceptors (Lipinski definition) is 10. The van der Waals surface area contributed by atoms with Crippen molar-refractivity contribution in [1.82, 2.24) is 10.6 Å². The Bertz CT molecular complexity index is 1430. The third-order valence-electron chi connectivity index (χ3n) is 13.5. The van der Waals surface area contributed by atoms with Crippen molar-refractivity contribution in [2.45, 2.75) is 123 Å². The molecule has 4 fully saturated rings. The fourth-order valence-corrected chi connectivity index (χ4v) is 10.5. The van der Waals surface area contributed by atoms with E-state index in [0.29, 0.717) is 62.1 Å². The standard InChI is InChI=1S/C43H67N3O9/c1-28(2)24-36(46-41(51)39(49)35(44)25-29-8-6-5-7-9-29)40(50)45-18-19-52-20-21-53-22-23-54-27-38(48)55-37-13-12-33-32-11-10-30-26-31(47)14-16-42(30,3)34(32)15-17-43(33,37)4/h5-9,28,30,32-37,39,49H,10-27,44H2,1-4H3,(H,45,50)(H,46,51)/t30-,32-,33-,34-,35+,36-,37-,39-,42-,43-/m0/s1. The first-order valence-electron chi connectivity index (χ1n) is 20.8. The van der Waals surface area contributed by atoms with Gasteiger partial charge in [0.1, 0.15) is 30.6 Å². The smallest absolute Gasteiger partial charge is 0.332 e. The predicted molar refractivity (Wildman–Crippen MR) is 208 cm³/mol. The van der Waals surface area contributed by atoms with Gasteiger partial charge in [-0.3, -0.25) is 14.4 Å².